The number of hydrogen-bond acceptors (Lipinski definition) is 2. The van der Waals surface area contributed by atoms with Gasteiger partial charge in [0.15, 0.2) is 0 Å². The molecule has 2 rings (SSSR count). The molecule has 0 saturated heterocycles. The first-order valence-electron chi connectivity index (χ1n) is 6.65. The van der Waals surface area contributed by atoms with Crippen LogP contribution in [0.4, 0.5) is 0 Å². The van der Waals surface area contributed by atoms with Crippen molar-refractivity contribution in [3.05, 3.63) is 57.3 Å². The topological polar surface area (TPSA) is 17.1 Å². The van der Waals surface area contributed by atoms with Crippen LogP contribution in [0.3, 0.4) is 0 Å². The second kappa shape index (κ2) is 5.30. The average Bonchev–Trinajstić information content (AvgIpc) is 2.84. The molecular weight excluding hydrogens is 252 g/mol. The van der Waals surface area contributed by atoms with Gasteiger partial charge in [0.1, 0.15) is 0 Å². The predicted molar refractivity (Wildman–Crippen MR) is 82.2 cm³/mol. The molecule has 2 heteroatoms. The molecule has 0 aliphatic rings. The minimum Gasteiger partial charge on any atom is -0.288 e. The van der Waals surface area contributed by atoms with Crippen LogP contribution >= 0.6 is 11.3 Å². The van der Waals surface area contributed by atoms with Gasteiger partial charge in [0, 0.05) is 5.56 Å². The Balaban J connectivity index is 2.29. The Morgan fingerprint density at radius 1 is 1.16 bits per heavy atom. The second-order valence-corrected chi connectivity index (χ2v) is 6.49. The van der Waals surface area contributed by atoms with Crippen molar-refractivity contribution in [2.45, 2.75) is 39.5 Å². The zero-order valence-corrected chi connectivity index (χ0v) is 12.8. The Bertz CT molecular complexity index is 576. The third-order valence-electron chi connectivity index (χ3n) is 3.88. The van der Waals surface area contributed by atoms with E-state index in [9.17, 15) is 4.79 Å². The van der Waals surface area contributed by atoms with E-state index in [1.165, 1.54) is 16.9 Å². The Hall–Kier alpha value is -1.41. The molecule has 1 aromatic heterocycles. The summed E-state index contributed by atoms with van der Waals surface area (Å²) in [5, 5.41) is 1.97. The number of hydrogen-bond donors (Lipinski definition) is 0. The van der Waals surface area contributed by atoms with Crippen molar-refractivity contribution in [1.29, 1.82) is 0 Å². The molecule has 1 nitrogen and oxygen atoms in total. The van der Waals surface area contributed by atoms with E-state index in [-0.39, 0.29) is 11.2 Å². The Morgan fingerprint density at radius 3 is 2.26 bits per heavy atom. The van der Waals surface area contributed by atoms with Crippen molar-refractivity contribution < 1.29 is 4.79 Å². The van der Waals surface area contributed by atoms with Gasteiger partial charge < -0.3 is 0 Å². The second-order valence-electron chi connectivity index (χ2n) is 5.58. The van der Waals surface area contributed by atoms with Crippen molar-refractivity contribution in [2.24, 2.45) is 0 Å². The fourth-order valence-electron chi connectivity index (χ4n) is 2.01. The Morgan fingerprint density at radius 2 is 1.79 bits per heavy atom. The van der Waals surface area contributed by atoms with Crippen LogP contribution in [-0.4, -0.2) is 5.78 Å². The van der Waals surface area contributed by atoms with Crippen molar-refractivity contribution in [3.63, 3.8) is 0 Å². The third-order valence-corrected chi connectivity index (χ3v) is 4.90. The molecule has 0 amide bonds. The maximum absolute atomic E-state index is 12.4. The lowest BCUT2D eigenvalue weighted by Gasteiger charge is -2.23. The van der Waals surface area contributed by atoms with E-state index in [2.05, 4.69) is 32.9 Å². The third kappa shape index (κ3) is 2.79. The van der Waals surface area contributed by atoms with Gasteiger partial charge in [0.2, 0.25) is 5.78 Å². The summed E-state index contributed by atoms with van der Waals surface area (Å²) < 4.78 is 0. The molecule has 1 aromatic carbocycles. The quantitative estimate of drug-likeness (QED) is 0.718. The van der Waals surface area contributed by atoms with Crippen molar-refractivity contribution in [3.8, 4) is 0 Å². The minimum atomic E-state index is 0.133. The highest BCUT2D eigenvalue weighted by molar-refractivity contribution is 7.12. The van der Waals surface area contributed by atoms with Gasteiger partial charge in [-0.3, -0.25) is 4.79 Å². The average molecular weight is 272 g/mol. The molecule has 0 fully saturated rings. The van der Waals surface area contributed by atoms with E-state index >= 15 is 0 Å². The van der Waals surface area contributed by atoms with E-state index < -0.39 is 0 Å². The number of carbonyl (C=O) groups is 1. The van der Waals surface area contributed by atoms with Gasteiger partial charge in [-0.05, 0) is 41.3 Å². The van der Waals surface area contributed by atoms with Crippen molar-refractivity contribution >= 4 is 17.1 Å². The highest BCUT2D eigenvalue weighted by Crippen LogP contribution is 2.27. The van der Waals surface area contributed by atoms with Gasteiger partial charge in [0.05, 0.1) is 4.88 Å². The van der Waals surface area contributed by atoms with Crippen molar-refractivity contribution in [2.75, 3.05) is 0 Å². The molecule has 0 atom stereocenters. The van der Waals surface area contributed by atoms with E-state index in [1.807, 2.05) is 30.5 Å². The van der Waals surface area contributed by atoms with Gasteiger partial charge >= 0.3 is 0 Å². The van der Waals surface area contributed by atoms with Crippen molar-refractivity contribution in [1.82, 2.24) is 0 Å². The Kier molecular flexibility index (Phi) is 3.91. The van der Waals surface area contributed by atoms with Gasteiger partial charge in [-0.25, -0.2) is 0 Å². The number of thiophene rings is 1. The van der Waals surface area contributed by atoms with E-state index in [0.717, 1.165) is 22.4 Å². The number of aryl methyl sites for hydroxylation is 1. The molecule has 0 bridgehead atoms. The first kappa shape index (κ1) is 14.0. The first-order chi connectivity index (χ1) is 8.95. The van der Waals surface area contributed by atoms with Crippen LogP contribution in [0.1, 0.15) is 53.6 Å². The summed E-state index contributed by atoms with van der Waals surface area (Å²) in [7, 11) is 0. The smallest absolute Gasteiger partial charge is 0.203 e. The van der Waals surface area contributed by atoms with Gasteiger partial charge in [-0.15, -0.1) is 11.3 Å². The number of ketones is 1. The number of rotatable bonds is 4. The molecule has 0 unspecified atom stereocenters. The molecule has 0 N–H and O–H groups in total. The largest absolute Gasteiger partial charge is 0.288 e. The first-order valence-corrected chi connectivity index (χ1v) is 7.53. The van der Waals surface area contributed by atoms with Crippen LogP contribution < -0.4 is 0 Å². The standard InChI is InChI=1S/C17H20OS/c1-5-17(3,4)14-8-6-13(7-9-14)15(18)16-12(2)10-11-19-16/h6-11H,5H2,1-4H3. The highest BCUT2D eigenvalue weighted by atomic mass is 32.1. The normalized spacial score (nSPS) is 11.6. The summed E-state index contributed by atoms with van der Waals surface area (Å²) >= 11 is 1.52. The number of carbonyl (C=O) groups excluding carboxylic acids is 1. The molecular formula is C17H20OS. The summed E-state index contributed by atoms with van der Waals surface area (Å²) in [4.78, 5) is 13.2. The predicted octanol–water partition coefficient (Wildman–Crippen LogP) is 4.98. The SMILES string of the molecule is CCC(C)(C)c1ccc(C(=O)c2sccc2C)cc1. The molecule has 0 radical (unpaired) electrons. The van der Waals surface area contributed by atoms with E-state index in [4.69, 9.17) is 0 Å². The van der Waals surface area contributed by atoms with Crippen LogP contribution in [0.2, 0.25) is 0 Å². The fraction of sp³-hybridized carbons (Fsp3) is 0.353. The minimum absolute atomic E-state index is 0.133. The maximum Gasteiger partial charge on any atom is 0.203 e. The van der Waals surface area contributed by atoms with Gasteiger partial charge in [0.25, 0.3) is 0 Å². The van der Waals surface area contributed by atoms with Crippen LogP contribution in [-0.2, 0) is 5.41 Å². The van der Waals surface area contributed by atoms with Crippen LogP contribution in [0.25, 0.3) is 0 Å². The highest BCUT2D eigenvalue weighted by Gasteiger charge is 2.19. The molecule has 0 saturated carbocycles. The van der Waals surface area contributed by atoms with Crippen LogP contribution in [0, 0.1) is 6.92 Å². The molecule has 2 aromatic rings. The zero-order valence-electron chi connectivity index (χ0n) is 12.0. The lowest BCUT2D eigenvalue weighted by Crippen LogP contribution is -2.15. The molecule has 0 aliphatic heterocycles. The molecule has 19 heavy (non-hydrogen) atoms. The molecule has 1 heterocycles. The summed E-state index contributed by atoms with van der Waals surface area (Å²) in [5.41, 5.74) is 3.30. The molecule has 100 valence electrons. The monoisotopic (exact) mass is 272 g/mol. The van der Waals surface area contributed by atoms with Crippen LogP contribution in [0.5, 0.6) is 0 Å². The summed E-state index contributed by atoms with van der Waals surface area (Å²) in [6, 6.07) is 10.1. The summed E-state index contributed by atoms with van der Waals surface area (Å²) in [6.45, 7) is 8.63. The maximum atomic E-state index is 12.4. The van der Waals surface area contributed by atoms with E-state index in [0.29, 0.717) is 0 Å². The zero-order chi connectivity index (χ0) is 14.0. The lowest BCUT2D eigenvalue weighted by atomic mass is 9.82. The summed E-state index contributed by atoms with van der Waals surface area (Å²) in [6.07, 6.45) is 1.09. The fourth-order valence-corrected chi connectivity index (χ4v) is 2.90. The number of benzene rings is 1. The lowest BCUT2D eigenvalue weighted by molar-refractivity contribution is 0.104. The molecule has 0 spiro atoms. The van der Waals surface area contributed by atoms with Gasteiger partial charge in [-0.1, -0.05) is 45.0 Å². The van der Waals surface area contributed by atoms with Gasteiger partial charge in [-0.2, -0.15) is 0 Å². The summed E-state index contributed by atoms with van der Waals surface area (Å²) in [5.74, 6) is 0.133. The van der Waals surface area contributed by atoms with Crippen LogP contribution in [0.15, 0.2) is 35.7 Å². The van der Waals surface area contributed by atoms with E-state index in [1.54, 1.807) is 0 Å². The molecule has 0 aliphatic carbocycles. The Labute approximate surface area is 119 Å².